The summed E-state index contributed by atoms with van der Waals surface area (Å²) < 4.78 is 19.9. The average molecular weight is 280 g/mol. The lowest BCUT2D eigenvalue weighted by Gasteiger charge is -2.29. The van der Waals surface area contributed by atoms with E-state index in [-0.39, 0.29) is 11.9 Å². The normalized spacial score (nSPS) is 19.1. The summed E-state index contributed by atoms with van der Waals surface area (Å²) in [5.74, 6) is -0.154. The molecule has 1 unspecified atom stereocenters. The van der Waals surface area contributed by atoms with E-state index >= 15 is 0 Å². The number of hydrogen-bond acceptors (Lipinski definition) is 3. The lowest BCUT2D eigenvalue weighted by atomic mass is 10.1. The summed E-state index contributed by atoms with van der Waals surface area (Å²) in [6, 6.07) is 5.47. The molecule has 20 heavy (non-hydrogen) atoms. The Morgan fingerprint density at radius 1 is 1.40 bits per heavy atom. The Hall–Kier alpha value is -1.13. The van der Waals surface area contributed by atoms with Crippen LogP contribution in [0.25, 0.3) is 0 Å². The molecule has 4 heteroatoms. The lowest BCUT2D eigenvalue weighted by Crippen LogP contribution is -2.33. The van der Waals surface area contributed by atoms with E-state index in [0.29, 0.717) is 12.2 Å². The number of likely N-dealkylation sites (N-methyl/N-ethyl adjacent to an activating group) is 1. The molecule has 1 aromatic carbocycles. The van der Waals surface area contributed by atoms with Crippen LogP contribution < -0.4 is 10.2 Å². The highest BCUT2D eigenvalue weighted by molar-refractivity contribution is 5.48. The van der Waals surface area contributed by atoms with Gasteiger partial charge in [0, 0.05) is 26.7 Å². The molecule has 1 heterocycles. The van der Waals surface area contributed by atoms with Gasteiger partial charge in [0.2, 0.25) is 0 Å². The molecule has 0 amide bonds. The lowest BCUT2D eigenvalue weighted by molar-refractivity contribution is 0.0215. The maximum atomic E-state index is 14.2. The molecule has 0 bridgehead atoms. The first-order valence-corrected chi connectivity index (χ1v) is 7.52. The fourth-order valence-electron chi connectivity index (χ4n) is 2.59. The van der Waals surface area contributed by atoms with Crippen LogP contribution in [-0.2, 0) is 11.3 Å². The van der Waals surface area contributed by atoms with Crippen molar-refractivity contribution >= 4 is 5.69 Å². The van der Waals surface area contributed by atoms with Crippen molar-refractivity contribution < 1.29 is 9.13 Å². The van der Waals surface area contributed by atoms with Crippen molar-refractivity contribution in [1.29, 1.82) is 0 Å². The molecule has 1 aliphatic heterocycles. The van der Waals surface area contributed by atoms with E-state index in [0.717, 1.165) is 38.1 Å². The van der Waals surface area contributed by atoms with E-state index < -0.39 is 0 Å². The van der Waals surface area contributed by atoms with Crippen molar-refractivity contribution in [2.45, 2.75) is 38.8 Å². The van der Waals surface area contributed by atoms with Gasteiger partial charge in [-0.05, 0) is 43.5 Å². The Kier molecular flexibility index (Phi) is 5.80. The van der Waals surface area contributed by atoms with Crippen LogP contribution in [0.4, 0.5) is 10.1 Å². The van der Waals surface area contributed by atoms with E-state index in [9.17, 15) is 4.39 Å². The van der Waals surface area contributed by atoms with Crippen molar-refractivity contribution in [3.05, 3.63) is 29.6 Å². The van der Waals surface area contributed by atoms with E-state index in [1.165, 1.54) is 6.42 Å². The van der Waals surface area contributed by atoms with Gasteiger partial charge in [0.25, 0.3) is 0 Å². The molecule has 1 atom stereocenters. The molecule has 3 nitrogen and oxygen atoms in total. The highest BCUT2D eigenvalue weighted by Crippen LogP contribution is 2.22. The molecule has 0 aromatic heterocycles. The summed E-state index contributed by atoms with van der Waals surface area (Å²) in [5, 5.41) is 3.21. The van der Waals surface area contributed by atoms with Gasteiger partial charge in [0.1, 0.15) is 5.82 Å². The van der Waals surface area contributed by atoms with Crippen molar-refractivity contribution in [3.63, 3.8) is 0 Å². The first-order chi connectivity index (χ1) is 9.70. The maximum Gasteiger partial charge on any atom is 0.146 e. The molecule has 0 aliphatic carbocycles. The molecule has 112 valence electrons. The van der Waals surface area contributed by atoms with Crippen LogP contribution in [0.15, 0.2) is 18.2 Å². The molecule has 1 N–H and O–H groups in total. The van der Waals surface area contributed by atoms with Crippen molar-refractivity contribution in [1.82, 2.24) is 5.32 Å². The third-order valence-corrected chi connectivity index (χ3v) is 3.75. The SMILES string of the molecule is CCNCc1ccc(N(C)CC2CCCCO2)c(F)c1. The highest BCUT2D eigenvalue weighted by Gasteiger charge is 2.17. The second-order valence-corrected chi connectivity index (χ2v) is 5.44. The monoisotopic (exact) mass is 280 g/mol. The second-order valence-electron chi connectivity index (χ2n) is 5.44. The molecule has 0 radical (unpaired) electrons. The molecule has 0 spiro atoms. The van der Waals surface area contributed by atoms with Gasteiger partial charge in [0.05, 0.1) is 11.8 Å². The fourth-order valence-corrected chi connectivity index (χ4v) is 2.59. The van der Waals surface area contributed by atoms with E-state index in [2.05, 4.69) is 5.32 Å². The maximum absolute atomic E-state index is 14.2. The Labute approximate surface area is 121 Å². The third-order valence-electron chi connectivity index (χ3n) is 3.75. The average Bonchev–Trinajstić information content (AvgIpc) is 2.46. The van der Waals surface area contributed by atoms with E-state index in [1.54, 1.807) is 6.07 Å². The first-order valence-electron chi connectivity index (χ1n) is 7.52. The molecular formula is C16H25FN2O. The van der Waals surface area contributed by atoms with Crippen LogP contribution in [0.1, 0.15) is 31.7 Å². The van der Waals surface area contributed by atoms with Crippen LogP contribution in [0.5, 0.6) is 0 Å². The van der Waals surface area contributed by atoms with Crippen molar-refractivity contribution in [2.75, 3.05) is 31.6 Å². The van der Waals surface area contributed by atoms with Crippen LogP contribution in [0, 0.1) is 5.82 Å². The van der Waals surface area contributed by atoms with Gasteiger partial charge in [-0.15, -0.1) is 0 Å². The third kappa shape index (κ3) is 4.18. The second kappa shape index (κ2) is 7.60. The zero-order valence-corrected chi connectivity index (χ0v) is 12.5. The number of ether oxygens (including phenoxy) is 1. The zero-order chi connectivity index (χ0) is 14.4. The van der Waals surface area contributed by atoms with Gasteiger partial charge in [0.15, 0.2) is 0 Å². The summed E-state index contributed by atoms with van der Waals surface area (Å²) in [6.07, 6.45) is 3.66. The number of anilines is 1. The molecule has 1 aromatic rings. The summed E-state index contributed by atoms with van der Waals surface area (Å²) in [6.45, 7) is 5.24. The number of nitrogens with one attached hydrogen (secondary N) is 1. The summed E-state index contributed by atoms with van der Waals surface area (Å²) in [7, 11) is 1.93. The Bertz CT molecular complexity index is 419. The Morgan fingerprint density at radius 3 is 2.90 bits per heavy atom. The minimum Gasteiger partial charge on any atom is -0.376 e. The summed E-state index contributed by atoms with van der Waals surface area (Å²) >= 11 is 0. The minimum absolute atomic E-state index is 0.154. The zero-order valence-electron chi connectivity index (χ0n) is 12.5. The van der Waals surface area contributed by atoms with Gasteiger partial charge in [-0.2, -0.15) is 0 Å². The smallest absolute Gasteiger partial charge is 0.146 e. The van der Waals surface area contributed by atoms with Crippen molar-refractivity contribution in [2.24, 2.45) is 0 Å². The molecule has 1 saturated heterocycles. The molecular weight excluding hydrogens is 255 g/mol. The number of hydrogen-bond donors (Lipinski definition) is 1. The fraction of sp³-hybridized carbons (Fsp3) is 0.625. The standard InChI is InChI=1S/C16H25FN2O/c1-3-18-11-13-7-8-16(15(17)10-13)19(2)12-14-6-4-5-9-20-14/h7-8,10,14,18H,3-6,9,11-12H2,1-2H3. The van der Waals surface area contributed by atoms with Crippen LogP contribution in [-0.4, -0.2) is 32.8 Å². The topological polar surface area (TPSA) is 24.5 Å². The number of nitrogens with zero attached hydrogens (tertiary/aromatic N) is 1. The predicted octanol–water partition coefficient (Wildman–Crippen LogP) is 2.94. The summed E-state index contributed by atoms with van der Waals surface area (Å²) in [5.41, 5.74) is 1.63. The van der Waals surface area contributed by atoms with Gasteiger partial charge < -0.3 is 15.0 Å². The van der Waals surface area contributed by atoms with Crippen LogP contribution >= 0.6 is 0 Å². The van der Waals surface area contributed by atoms with E-state index in [1.807, 2.05) is 31.0 Å². The predicted molar refractivity (Wildman–Crippen MR) is 80.6 cm³/mol. The Morgan fingerprint density at radius 2 is 2.25 bits per heavy atom. The molecule has 2 rings (SSSR count). The van der Waals surface area contributed by atoms with Gasteiger partial charge in [-0.25, -0.2) is 4.39 Å². The Balaban J connectivity index is 1.96. The number of halogens is 1. The quantitative estimate of drug-likeness (QED) is 0.867. The van der Waals surface area contributed by atoms with E-state index in [4.69, 9.17) is 4.74 Å². The molecule has 0 saturated carbocycles. The molecule has 1 fully saturated rings. The van der Waals surface area contributed by atoms with Gasteiger partial charge >= 0.3 is 0 Å². The largest absolute Gasteiger partial charge is 0.376 e. The van der Waals surface area contributed by atoms with Gasteiger partial charge in [-0.1, -0.05) is 13.0 Å². The molecule has 1 aliphatic rings. The number of rotatable bonds is 6. The minimum atomic E-state index is -0.154. The van der Waals surface area contributed by atoms with Crippen LogP contribution in [0.2, 0.25) is 0 Å². The van der Waals surface area contributed by atoms with Gasteiger partial charge in [-0.3, -0.25) is 0 Å². The summed E-state index contributed by atoms with van der Waals surface area (Å²) in [4.78, 5) is 1.96. The number of benzene rings is 1. The highest BCUT2D eigenvalue weighted by atomic mass is 19.1. The van der Waals surface area contributed by atoms with Crippen LogP contribution in [0.3, 0.4) is 0 Å². The first kappa shape index (κ1) is 15.3. The van der Waals surface area contributed by atoms with Crippen molar-refractivity contribution in [3.8, 4) is 0 Å².